The molecule has 1 saturated heterocycles. The number of ether oxygens (including phenoxy) is 6. The second kappa shape index (κ2) is 14.3. The van der Waals surface area contributed by atoms with Gasteiger partial charge in [0.05, 0.1) is 26.4 Å². The van der Waals surface area contributed by atoms with Gasteiger partial charge < -0.3 is 37.8 Å². The molecule has 1 fully saturated rings. The maximum absolute atomic E-state index is 13.6. The van der Waals surface area contributed by atoms with Gasteiger partial charge in [-0.2, -0.15) is 0 Å². The van der Waals surface area contributed by atoms with Gasteiger partial charge in [0.25, 0.3) is 0 Å². The molecule has 1 aromatic rings. The van der Waals surface area contributed by atoms with E-state index < -0.39 is 45.9 Å². The van der Waals surface area contributed by atoms with E-state index in [0.717, 1.165) is 18.5 Å². The Kier molecular flexibility index (Phi) is 11.3. The Balaban J connectivity index is 1.77. The summed E-state index contributed by atoms with van der Waals surface area (Å²) in [5, 5.41) is 0. The summed E-state index contributed by atoms with van der Waals surface area (Å²) in [6.45, 7) is 5.84. The van der Waals surface area contributed by atoms with Gasteiger partial charge in [0.1, 0.15) is 5.76 Å². The fraction of sp³-hybridized carbons (Fsp3) is 0.630. The Morgan fingerprint density at radius 2 is 1.56 bits per heavy atom. The number of nitrogens with zero attached hydrogens (tertiary/aromatic N) is 1. The predicted molar refractivity (Wildman–Crippen MR) is 146 cm³/mol. The van der Waals surface area contributed by atoms with Crippen LogP contribution in [-0.4, -0.2) is 76.9 Å². The monoisotopic (exact) mass is 601 g/mol. The maximum atomic E-state index is 13.6. The van der Waals surface area contributed by atoms with Gasteiger partial charge >= 0.3 is 20.1 Å². The van der Waals surface area contributed by atoms with E-state index in [1.54, 1.807) is 41.9 Å². The number of likely N-dealkylation sites (N-methyl/N-ethyl adjacent to an activating group) is 1. The lowest BCUT2D eigenvalue weighted by atomic mass is 9.68. The van der Waals surface area contributed by atoms with Crippen LogP contribution in [-0.2, 0) is 42.5 Å². The third-order valence-corrected chi connectivity index (χ3v) is 8.10. The first-order valence-corrected chi connectivity index (χ1v) is 14.7. The maximum Gasteiger partial charge on any atom is 0.535 e. The third-order valence-electron chi connectivity index (χ3n) is 6.80. The van der Waals surface area contributed by atoms with Gasteiger partial charge in [-0.1, -0.05) is 6.07 Å². The molecule has 0 spiro atoms. The van der Waals surface area contributed by atoms with Crippen LogP contribution in [0.1, 0.15) is 52.5 Å². The molecule has 14 heteroatoms. The average molecular weight is 602 g/mol. The Labute approximate surface area is 240 Å². The SMILES string of the molecule is COc1ccc([C@@]23CC=C(OP(=O)(OCOC(=O)OC(C)C)OCOC(=O)OC(C)C)C[C@@H]2N(C)CC3)cc1OC. The molecule has 0 radical (unpaired) electrons. The van der Waals surface area contributed by atoms with Gasteiger partial charge in [-0.15, -0.1) is 0 Å². The van der Waals surface area contributed by atoms with Crippen LogP contribution in [0.4, 0.5) is 9.59 Å². The van der Waals surface area contributed by atoms with Crippen LogP contribution in [0.5, 0.6) is 11.5 Å². The first-order chi connectivity index (χ1) is 19.4. The molecule has 2 atom stereocenters. The standard InChI is InChI=1S/C27H40NO12P/c1-18(2)38-25(29)34-16-36-41(31,37-17-35-26(30)39-19(3)4)40-21-10-11-27(12-13-28(5)24(27)15-21)20-8-9-22(32-6)23(14-20)33-7/h8-10,14,18-19,24H,11-13,15-17H2,1-7H3/t24-,27-/m0/s1. The topological polar surface area (TPSA) is 138 Å². The van der Waals surface area contributed by atoms with Crippen molar-refractivity contribution in [3.05, 3.63) is 35.6 Å². The number of hydrogen-bond donors (Lipinski definition) is 0. The molecule has 1 aliphatic heterocycles. The molecule has 230 valence electrons. The quantitative estimate of drug-likeness (QED) is 0.159. The van der Waals surface area contributed by atoms with Crippen molar-refractivity contribution in [2.75, 3.05) is 41.4 Å². The van der Waals surface area contributed by atoms with Crippen LogP contribution < -0.4 is 9.47 Å². The lowest BCUT2D eigenvalue weighted by Gasteiger charge is -2.41. The Hall–Kier alpha value is -2.99. The highest BCUT2D eigenvalue weighted by atomic mass is 31.2. The zero-order chi connectivity index (χ0) is 30.2. The Morgan fingerprint density at radius 1 is 0.976 bits per heavy atom. The van der Waals surface area contributed by atoms with E-state index in [1.807, 2.05) is 31.3 Å². The van der Waals surface area contributed by atoms with Crippen molar-refractivity contribution in [2.24, 2.45) is 0 Å². The lowest BCUT2D eigenvalue weighted by Crippen LogP contribution is -2.43. The van der Waals surface area contributed by atoms with Gasteiger partial charge in [0, 0.05) is 17.9 Å². The molecule has 13 nitrogen and oxygen atoms in total. The summed E-state index contributed by atoms with van der Waals surface area (Å²) >= 11 is 0. The number of carbonyl (C=O) groups is 2. The van der Waals surface area contributed by atoms with E-state index in [9.17, 15) is 14.2 Å². The van der Waals surface area contributed by atoms with Crippen molar-refractivity contribution in [3.63, 3.8) is 0 Å². The Morgan fingerprint density at radius 3 is 2.10 bits per heavy atom. The molecule has 1 heterocycles. The third kappa shape index (κ3) is 8.51. The summed E-state index contributed by atoms with van der Waals surface area (Å²) < 4.78 is 60.1. The first-order valence-electron chi connectivity index (χ1n) is 13.3. The molecule has 0 N–H and O–H groups in total. The van der Waals surface area contributed by atoms with Crippen molar-refractivity contribution in [1.82, 2.24) is 4.90 Å². The summed E-state index contributed by atoms with van der Waals surface area (Å²) in [6, 6.07) is 5.90. The number of rotatable bonds is 13. The van der Waals surface area contributed by atoms with Crippen LogP contribution >= 0.6 is 7.82 Å². The highest BCUT2D eigenvalue weighted by Gasteiger charge is 2.50. The van der Waals surface area contributed by atoms with E-state index in [4.69, 9.17) is 42.0 Å². The zero-order valence-corrected chi connectivity index (χ0v) is 25.5. The number of carbonyl (C=O) groups excluding carboxylic acids is 2. The molecule has 0 bridgehead atoms. The van der Waals surface area contributed by atoms with Crippen molar-refractivity contribution >= 4 is 20.1 Å². The molecule has 2 aliphatic rings. The fourth-order valence-electron chi connectivity index (χ4n) is 4.92. The van der Waals surface area contributed by atoms with Gasteiger partial charge in [-0.3, -0.25) is 0 Å². The van der Waals surface area contributed by atoms with Gasteiger partial charge in [-0.25, -0.2) is 23.2 Å². The summed E-state index contributed by atoms with van der Waals surface area (Å²) in [6.07, 6.45) is 0.783. The van der Waals surface area contributed by atoms with Gasteiger partial charge in [-0.05, 0) is 77.9 Å². The second-order valence-electron chi connectivity index (χ2n) is 10.2. The first kappa shape index (κ1) is 32.5. The minimum Gasteiger partial charge on any atom is -0.493 e. The molecular formula is C27H40NO12P. The smallest absolute Gasteiger partial charge is 0.493 e. The molecule has 3 rings (SSSR count). The molecule has 0 amide bonds. The number of phosphoric ester groups is 1. The normalized spacial score (nSPS) is 20.7. The number of methoxy groups -OCH3 is 2. The van der Waals surface area contributed by atoms with E-state index in [-0.39, 0.29) is 11.5 Å². The van der Waals surface area contributed by atoms with Crippen LogP contribution in [0.15, 0.2) is 30.0 Å². The van der Waals surface area contributed by atoms with Crippen molar-refractivity contribution in [1.29, 1.82) is 0 Å². The molecule has 0 saturated carbocycles. The number of fused-ring (bicyclic) bond motifs is 1. The lowest BCUT2D eigenvalue weighted by molar-refractivity contribution is -0.0428. The molecule has 41 heavy (non-hydrogen) atoms. The summed E-state index contributed by atoms with van der Waals surface area (Å²) in [4.78, 5) is 25.7. The van der Waals surface area contributed by atoms with E-state index in [2.05, 4.69) is 4.90 Å². The predicted octanol–water partition coefficient (Wildman–Crippen LogP) is 5.52. The number of benzene rings is 1. The highest BCUT2D eigenvalue weighted by molar-refractivity contribution is 7.48. The molecule has 0 aromatic heterocycles. The van der Waals surface area contributed by atoms with Gasteiger partial charge in [0.15, 0.2) is 11.5 Å². The number of phosphoric acid groups is 1. The van der Waals surface area contributed by atoms with Crippen molar-refractivity contribution in [3.8, 4) is 11.5 Å². The summed E-state index contributed by atoms with van der Waals surface area (Å²) in [5.41, 5.74) is 0.838. The molecule has 1 aromatic carbocycles. The largest absolute Gasteiger partial charge is 0.535 e. The minimum atomic E-state index is -4.43. The number of hydrogen-bond acceptors (Lipinski definition) is 13. The fourth-order valence-corrected chi connectivity index (χ4v) is 5.90. The molecule has 1 aliphatic carbocycles. The van der Waals surface area contributed by atoms with Crippen LogP contribution in [0.25, 0.3) is 0 Å². The molecule has 0 unspecified atom stereocenters. The van der Waals surface area contributed by atoms with E-state index in [0.29, 0.717) is 30.1 Å². The van der Waals surface area contributed by atoms with Crippen LogP contribution in [0.3, 0.4) is 0 Å². The van der Waals surface area contributed by atoms with Gasteiger partial charge in [0.2, 0.25) is 13.6 Å². The second-order valence-corrected chi connectivity index (χ2v) is 11.8. The van der Waals surface area contributed by atoms with E-state index in [1.165, 1.54) is 0 Å². The van der Waals surface area contributed by atoms with E-state index >= 15 is 0 Å². The van der Waals surface area contributed by atoms with Crippen molar-refractivity contribution < 1.29 is 56.1 Å². The van der Waals surface area contributed by atoms with Crippen molar-refractivity contribution in [2.45, 2.75) is 70.6 Å². The zero-order valence-electron chi connectivity index (χ0n) is 24.6. The van der Waals surface area contributed by atoms with Crippen LogP contribution in [0.2, 0.25) is 0 Å². The highest BCUT2D eigenvalue weighted by Crippen LogP contribution is 2.55. The average Bonchev–Trinajstić information content (AvgIpc) is 3.24. The summed E-state index contributed by atoms with van der Waals surface area (Å²) in [7, 11) is 0.777. The summed E-state index contributed by atoms with van der Waals surface area (Å²) in [5.74, 6) is 1.63. The number of likely N-dealkylation sites (tertiary alicyclic amines) is 1. The molecular weight excluding hydrogens is 561 g/mol. The minimum absolute atomic E-state index is 0.0106. The number of allylic oxidation sites excluding steroid dienone is 1. The van der Waals surface area contributed by atoms with Crippen LogP contribution in [0, 0.1) is 0 Å². The Bertz CT molecular complexity index is 1110.